The second kappa shape index (κ2) is 9.60. The lowest BCUT2D eigenvalue weighted by Crippen LogP contribution is -2.04. The third-order valence-electron chi connectivity index (χ3n) is 6.03. The summed E-state index contributed by atoms with van der Waals surface area (Å²) in [5.74, 6) is -0.347. The molecular weight excluding hydrogens is 416 g/mol. The molecule has 0 atom stereocenters. The van der Waals surface area contributed by atoms with Crippen LogP contribution in [0.25, 0.3) is 44.5 Å². The molecule has 5 aromatic rings. The second-order valence-electron chi connectivity index (χ2n) is 8.11. The molecule has 0 amide bonds. The van der Waals surface area contributed by atoms with Gasteiger partial charge in [-0.05, 0) is 56.6 Å². The fourth-order valence-corrected chi connectivity index (χ4v) is 4.33. The summed E-state index contributed by atoms with van der Waals surface area (Å²) in [6.45, 7) is 0. The summed E-state index contributed by atoms with van der Waals surface area (Å²) in [7, 11) is 1.43. The third-order valence-corrected chi connectivity index (χ3v) is 6.03. The van der Waals surface area contributed by atoms with E-state index in [1.807, 2.05) is 72.8 Å². The van der Waals surface area contributed by atoms with E-state index >= 15 is 0 Å². The summed E-state index contributed by atoms with van der Waals surface area (Å²) in [5.41, 5.74) is 8.93. The van der Waals surface area contributed by atoms with Crippen LogP contribution >= 0.6 is 0 Å². The van der Waals surface area contributed by atoms with Gasteiger partial charge in [-0.3, -0.25) is 0 Å². The molecule has 164 valence electrons. The summed E-state index contributed by atoms with van der Waals surface area (Å²) in [6.07, 6.45) is 0. The average molecular weight is 441 g/mol. The minimum atomic E-state index is -0.347. The zero-order chi connectivity index (χ0) is 23.3. The average Bonchev–Trinajstić information content (AvgIpc) is 2.93. The maximum absolute atomic E-state index is 12.9. The van der Waals surface area contributed by atoms with E-state index in [2.05, 4.69) is 54.6 Å². The molecule has 0 spiro atoms. The number of rotatable bonds is 5. The van der Waals surface area contributed by atoms with E-state index in [-0.39, 0.29) is 5.97 Å². The molecule has 0 saturated carbocycles. The summed E-state index contributed by atoms with van der Waals surface area (Å²) in [6, 6.07) is 43.1. The molecule has 0 fully saturated rings. The number of benzene rings is 5. The number of hydrogen-bond donors (Lipinski definition) is 0. The Morgan fingerprint density at radius 2 is 1.00 bits per heavy atom. The van der Waals surface area contributed by atoms with Gasteiger partial charge < -0.3 is 4.74 Å². The first-order valence-electron chi connectivity index (χ1n) is 11.3. The number of carbonyl (C=O) groups is 1. The second-order valence-corrected chi connectivity index (χ2v) is 8.11. The minimum absolute atomic E-state index is 0.347. The molecule has 0 bridgehead atoms. The minimum Gasteiger partial charge on any atom is -0.465 e. The van der Waals surface area contributed by atoms with Crippen molar-refractivity contribution in [1.82, 2.24) is 0 Å². The smallest absolute Gasteiger partial charge is 0.338 e. The maximum Gasteiger partial charge on any atom is 0.338 e. The largest absolute Gasteiger partial charge is 0.465 e. The predicted octanol–water partition coefficient (Wildman–Crippen LogP) is 8.14. The Kier molecular flexibility index (Phi) is 6.05. The van der Waals surface area contributed by atoms with Crippen LogP contribution in [0, 0.1) is 0 Å². The molecule has 5 rings (SSSR count). The molecule has 5 aromatic carbocycles. The van der Waals surface area contributed by atoms with E-state index in [1.54, 1.807) is 0 Å². The van der Waals surface area contributed by atoms with Gasteiger partial charge in [0.15, 0.2) is 0 Å². The molecule has 0 aliphatic carbocycles. The van der Waals surface area contributed by atoms with Gasteiger partial charge in [0.2, 0.25) is 0 Å². The fourth-order valence-electron chi connectivity index (χ4n) is 4.33. The Morgan fingerprint density at radius 3 is 1.65 bits per heavy atom. The molecule has 0 unspecified atom stereocenters. The van der Waals surface area contributed by atoms with Crippen LogP contribution in [-0.4, -0.2) is 13.1 Å². The van der Waals surface area contributed by atoms with Crippen LogP contribution in [0.4, 0.5) is 0 Å². The van der Waals surface area contributed by atoms with Gasteiger partial charge in [0.1, 0.15) is 0 Å². The van der Waals surface area contributed by atoms with Crippen molar-refractivity contribution in [3.63, 3.8) is 0 Å². The SMILES string of the molecule is COC(=O)c1cc(-c2ccccc2)ccc1-c1ccccc1-c1cccc(-c2ccccc2)c1. The summed E-state index contributed by atoms with van der Waals surface area (Å²) in [4.78, 5) is 12.9. The monoisotopic (exact) mass is 440 g/mol. The lowest BCUT2D eigenvalue weighted by molar-refractivity contribution is 0.0601. The number of esters is 1. The Morgan fingerprint density at radius 1 is 0.471 bits per heavy atom. The summed E-state index contributed by atoms with van der Waals surface area (Å²) in [5, 5.41) is 0. The van der Waals surface area contributed by atoms with Crippen molar-refractivity contribution < 1.29 is 9.53 Å². The number of methoxy groups -OCH3 is 1. The maximum atomic E-state index is 12.9. The molecular formula is C32H24O2. The van der Waals surface area contributed by atoms with Crippen molar-refractivity contribution in [3.05, 3.63) is 133 Å². The van der Waals surface area contributed by atoms with Gasteiger partial charge in [0.25, 0.3) is 0 Å². The van der Waals surface area contributed by atoms with Crippen LogP contribution in [0.5, 0.6) is 0 Å². The molecule has 0 heterocycles. The van der Waals surface area contributed by atoms with Crippen molar-refractivity contribution >= 4 is 5.97 Å². The van der Waals surface area contributed by atoms with E-state index in [1.165, 1.54) is 12.7 Å². The lowest BCUT2D eigenvalue weighted by atomic mass is 9.89. The van der Waals surface area contributed by atoms with E-state index in [0.717, 1.165) is 38.9 Å². The van der Waals surface area contributed by atoms with Gasteiger partial charge in [-0.25, -0.2) is 4.79 Å². The van der Waals surface area contributed by atoms with Crippen LogP contribution in [0.2, 0.25) is 0 Å². The molecule has 2 nitrogen and oxygen atoms in total. The van der Waals surface area contributed by atoms with Gasteiger partial charge in [-0.1, -0.05) is 115 Å². The van der Waals surface area contributed by atoms with E-state index in [9.17, 15) is 4.79 Å². The van der Waals surface area contributed by atoms with Gasteiger partial charge in [-0.15, -0.1) is 0 Å². The first kappa shape index (κ1) is 21.4. The predicted molar refractivity (Wildman–Crippen MR) is 140 cm³/mol. The lowest BCUT2D eigenvalue weighted by Gasteiger charge is -2.15. The van der Waals surface area contributed by atoms with Crippen LogP contribution in [-0.2, 0) is 4.74 Å². The molecule has 0 aromatic heterocycles. The van der Waals surface area contributed by atoms with Crippen LogP contribution in [0.15, 0.2) is 127 Å². The van der Waals surface area contributed by atoms with Crippen molar-refractivity contribution in [2.45, 2.75) is 0 Å². The molecule has 2 heteroatoms. The topological polar surface area (TPSA) is 26.3 Å². The van der Waals surface area contributed by atoms with Crippen LogP contribution in [0.3, 0.4) is 0 Å². The van der Waals surface area contributed by atoms with E-state index in [0.29, 0.717) is 5.56 Å². The van der Waals surface area contributed by atoms with E-state index < -0.39 is 0 Å². The first-order valence-corrected chi connectivity index (χ1v) is 11.3. The van der Waals surface area contributed by atoms with Crippen LogP contribution in [0.1, 0.15) is 10.4 Å². The van der Waals surface area contributed by atoms with E-state index in [4.69, 9.17) is 4.74 Å². The summed E-state index contributed by atoms with van der Waals surface area (Å²) >= 11 is 0. The van der Waals surface area contributed by atoms with Crippen molar-refractivity contribution in [2.75, 3.05) is 7.11 Å². The third kappa shape index (κ3) is 4.26. The Bertz CT molecular complexity index is 1440. The highest BCUT2D eigenvalue weighted by Gasteiger charge is 2.18. The van der Waals surface area contributed by atoms with Gasteiger partial charge in [0.05, 0.1) is 12.7 Å². The highest BCUT2D eigenvalue weighted by atomic mass is 16.5. The van der Waals surface area contributed by atoms with Gasteiger partial charge in [-0.2, -0.15) is 0 Å². The molecule has 0 saturated heterocycles. The highest BCUT2D eigenvalue weighted by Crippen LogP contribution is 2.37. The fraction of sp³-hybridized carbons (Fsp3) is 0.0312. The number of hydrogen-bond acceptors (Lipinski definition) is 2. The van der Waals surface area contributed by atoms with Gasteiger partial charge in [0, 0.05) is 0 Å². The Labute approximate surface area is 200 Å². The normalized spacial score (nSPS) is 10.6. The van der Waals surface area contributed by atoms with Crippen molar-refractivity contribution in [2.24, 2.45) is 0 Å². The number of carbonyl (C=O) groups excluding carboxylic acids is 1. The summed E-state index contributed by atoms with van der Waals surface area (Å²) < 4.78 is 5.17. The first-order chi connectivity index (χ1) is 16.7. The Hall–Kier alpha value is -4.43. The molecule has 0 aliphatic heterocycles. The quantitative estimate of drug-likeness (QED) is 0.258. The number of ether oxygens (including phenoxy) is 1. The molecule has 0 N–H and O–H groups in total. The zero-order valence-electron chi connectivity index (χ0n) is 18.9. The molecule has 34 heavy (non-hydrogen) atoms. The van der Waals surface area contributed by atoms with Crippen molar-refractivity contribution in [1.29, 1.82) is 0 Å². The highest BCUT2D eigenvalue weighted by molar-refractivity contribution is 6.01. The van der Waals surface area contributed by atoms with Crippen molar-refractivity contribution in [3.8, 4) is 44.5 Å². The molecule has 0 aliphatic rings. The Balaban J connectivity index is 1.65. The van der Waals surface area contributed by atoms with Gasteiger partial charge >= 0.3 is 5.97 Å². The van der Waals surface area contributed by atoms with Crippen LogP contribution < -0.4 is 0 Å². The standard InChI is InChI=1S/C32H24O2/c1-34-32(33)31-22-26(24-13-6-3-7-14-24)19-20-30(31)29-18-9-8-17-28(29)27-16-10-15-25(21-27)23-11-4-2-5-12-23/h2-22H,1H3. The zero-order valence-corrected chi connectivity index (χ0v) is 18.9. The molecule has 0 radical (unpaired) electrons.